The Morgan fingerprint density at radius 2 is 2.00 bits per heavy atom. The summed E-state index contributed by atoms with van der Waals surface area (Å²) >= 11 is 0. The monoisotopic (exact) mass is 316 g/mol. The van der Waals surface area contributed by atoms with Gasteiger partial charge in [0.2, 0.25) is 0 Å². The van der Waals surface area contributed by atoms with Crippen LogP contribution in [0.2, 0.25) is 0 Å². The van der Waals surface area contributed by atoms with Crippen LogP contribution in [0.3, 0.4) is 0 Å². The topological polar surface area (TPSA) is 127 Å². The summed E-state index contributed by atoms with van der Waals surface area (Å²) in [5, 5.41) is 22.7. The minimum atomic E-state index is -3.38. The second kappa shape index (κ2) is 5.68. The van der Waals surface area contributed by atoms with Crippen LogP contribution >= 0.6 is 0 Å². The number of rotatable bonds is 6. The van der Waals surface area contributed by atoms with E-state index < -0.39 is 36.7 Å². The van der Waals surface area contributed by atoms with Gasteiger partial charge in [0.1, 0.15) is 11.3 Å². The molecule has 0 heterocycles. The number of aromatic carboxylic acids is 1. The summed E-state index contributed by atoms with van der Waals surface area (Å²) in [5.41, 5.74) is -1.08. The minimum Gasteiger partial charge on any atom is -0.477 e. The molecule has 0 spiro atoms. The lowest BCUT2D eigenvalue weighted by molar-refractivity contribution is -0.384. The summed E-state index contributed by atoms with van der Waals surface area (Å²) in [6, 6.07) is 3.81. The quantitative estimate of drug-likeness (QED) is 0.601. The fourth-order valence-corrected chi connectivity index (χ4v) is 1.83. The van der Waals surface area contributed by atoms with Crippen LogP contribution in [-0.2, 0) is 9.84 Å². The van der Waals surface area contributed by atoms with E-state index in [2.05, 4.69) is 5.32 Å². The van der Waals surface area contributed by atoms with Gasteiger partial charge in [-0.2, -0.15) is 0 Å². The smallest absolute Gasteiger partial charge is 0.342 e. The first-order valence-corrected chi connectivity index (χ1v) is 7.80. The number of hydrogen-bond donors (Lipinski definition) is 2. The number of nitrogens with zero attached hydrogens (tertiary/aromatic N) is 1. The lowest BCUT2D eigenvalue weighted by atomic mass is 10.1. The molecule has 9 heteroatoms. The fraction of sp³-hybridized carbons (Fsp3) is 0.417. The molecule has 0 atom stereocenters. The number of nitro benzene ring substituents is 1. The average Bonchev–Trinajstić information content (AvgIpc) is 2.34. The van der Waals surface area contributed by atoms with Crippen molar-refractivity contribution in [3.8, 4) is 0 Å². The van der Waals surface area contributed by atoms with Crippen LogP contribution in [0.1, 0.15) is 24.2 Å². The molecule has 0 amide bonds. The van der Waals surface area contributed by atoms with Gasteiger partial charge in [0, 0.05) is 12.8 Å². The summed E-state index contributed by atoms with van der Waals surface area (Å²) in [6.45, 7) is 2.86. The first-order chi connectivity index (χ1) is 9.47. The molecule has 21 heavy (non-hydrogen) atoms. The second-order valence-corrected chi connectivity index (χ2v) is 7.80. The van der Waals surface area contributed by atoms with Gasteiger partial charge in [-0.05, 0) is 26.0 Å². The highest BCUT2D eigenvalue weighted by atomic mass is 32.2. The molecule has 1 aromatic rings. The van der Waals surface area contributed by atoms with E-state index in [-0.39, 0.29) is 12.2 Å². The first-order valence-electron chi connectivity index (χ1n) is 5.91. The highest BCUT2D eigenvalue weighted by Gasteiger charge is 2.31. The highest BCUT2D eigenvalue weighted by Crippen LogP contribution is 2.29. The number of carboxylic acid groups (broad SMARTS) is 1. The molecule has 116 valence electrons. The Balaban J connectivity index is 3.19. The molecule has 0 radical (unpaired) electrons. The molecule has 0 saturated carbocycles. The molecule has 0 aromatic heterocycles. The summed E-state index contributed by atoms with van der Waals surface area (Å²) in [4.78, 5) is 21.3. The zero-order chi connectivity index (χ0) is 16.4. The van der Waals surface area contributed by atoms with E-state index >= 15 is 0 Å². The number of benzene rings is 1. The molecule has 0 saturated heterocycles. The van der Waals surface area contributed by atoms with Crippen molar-refractivity contribution in [2.75, 3.05) is 18.1 Å². The van der Waals surface area contributed by atoms with Crippen molar-refractivity contribution in [2.24, 2.45) is 0 Å². The molecule has 0 unspecified atom stereocenters. The van der Waals surface area contributed by atoms with Gasteiger partial charge in [0.25, 0.3) is 0 Å². The molecular formula is C12H16N2O6S. The van der Waals surface area contributed by atoms with Gasteiger partial charge >= 0.3 is 11.7 Å². The average molecular weight is 316 g/mol. The molecule has 1 rings (SSSR count). The lowest BCUT2D eigenvalue weighted by Gasteiger charge is -2.23. The van der Waals surface area contributed by atoms with E-state index in [0.717, 1.165) is 12.3 Å². The Labute approximate surface area is 121 Å². The van der Waals surface area contributed by atoms with Crippen LogP contribution in [0.5, 0.6) is 0 Å². The number of hydrogen-bond acceptors (Lipinski definition) is 6. The fourth-order valence-electron chi connectivity index (χ4n) is 1.49. The van der Waals surface area contributed by atoms with Gasteiger partial charge in [-0.3, -0.25) is 10.1 Å². The van der Waals surface area contributed by atoms with Crippen molar-refractivity contribution in [1.29, 1.82) is 0 Å². The van der Waals surface area contributed by atoms with E-state index in [1.54, 1.807) is 0 Å². The highest BCUT2D eigenvalue weighted by molar-refractivity contribution is 7.92. The SMILES string of the molecule is CC(C)(CNc1cccc(C(=O)O)c1[N+](=O)[O-])S(C)(=O)=O. The van der Waals surface area contributed by atoms with Gasteiger partial charge < -0.3 is 10.4 Å². The number of anilines is 1. The summed E-state index contributed by atoms with van der Waals surface area (Å²) in [5.74, 6) is -1.42. The van der Waals surface area contributed by atoms with E-state index in [4.69, 9.17) is 5.11 Å². The third-order valence-corrected chi connectivity index (χ3v) is 5.31. The zero-order valence-electron chi connectivity index (χ0n) is 11.8. The molecule has 0 bridgehead atoms. The molecule has 0 aliphatic rings. The summed E-state index contributed by atoms with van der Waals surface area (Å²) in [7, 11) is -3.38. The lowest BCUT2D eigenvalue weighted by Crippen LogP contribution is -2.38. The molecule has 0 aliphatic carbocycles. The van der Waals surface area contributed by atoms with Crippen LogP contribution in [-0.4, -0.2) is 42.0 Å². The Bertz CT molecular complexity index is 681. The molecule has 0 fully saturated rings. The van der Waals surface area contributed by atoms with Crippen molar-refractivity contribution in [1.82, 2.24) is 0 Å². The maximum Gasteiger partial charge on any atom is 0.342 e. The predicted octanol–water partition coefficient (Wildman–Crippen LogP) is 1.53. The molecular weight excluding hydrogens is 300 g/mol. The van der Waals surface area contributed by atoms with Gasteiger partial charge in [-0.1, -0.05) is 6.07 Å². The Hall–Kier alpha value is -2.16. The maximum absolute atomic E-state index is 11.6. The van der Waals surface area contributed by atoms with Gasteiger partial charge in [0.15, 0.2) is 9.84 Å². The van der Waals surface area contributed by atoms with Crippen molar-refractivity contribution < 1.29 is 23.2 Å². The van der Waals surface area contributed by atoms with E-state index in [9.17, 15) is 23.3 Å². The third-order valence-electron chi connectivity index (χ3n) is 3.16. The number of sulfone groups is 1. The maximum atomic E-state index is 11.6. The van der Waals surface area contributed by atoms with E-state index in [1.807, 2.05) is 0 Å². The van der Waals surface area contributed by atoms with Gasteiger partial charge in [0.05, 0.1) is 9.67 Å². The third kappa shape index (κ3) is 3.69. The number of nitrogens with one attached hydrogen (secondary N) is 1. The molecule has 1 aromatic carbocycles. The zero-order valence-corrected chi connectivity index (χ0v) is 12.6. The van der Waals surface area contributed by atoms with E-state index in [1.165, 1.54) is 26.0 Å². The number of carboxylic acids is 1. The van der Waals surface area contributed by atoms with Crippen LogP contribution in [0, 0.1) is 10.1 Å². The minimum absolute atomic E-state index is 0.0309. The normalized spacial score (nSPS) is 12.0. The van der Waals surface area contributed by atoms with Crippen LogP contribution in [0.25, 0.3) is 0 Å². The largest absolute Gasteiger partial charge is 0.477 e. The Morgan fingerprint density at radius 1 is 1.43 bits per heavy atom. The standard InChI is InChI=1S/C12H16N2O6S/c1-12(2,21(3,19)20)7-13-9-6-4-5-8(11(15)16)10(9)14(17)18/h4-6,13H,7H2,1-3H3,(H,15,16). The Kier molecular flexibility index (Phi) is 4.57. The van der Waals surface area contributed by atoms with Gasteiger partial charge in [-0.15, -0.1) is 0 Å². The second-order valence-electron chi connectivity index (χ2n) is 5.15. The van der Waals surface area contributed by atoms with E-state index in [0.29, 0.717) is 0 Å². The van der Waals surface area contributed by atoms with Crippen molar-refractivity contribution in [3.63, 3.8) is 0 Å². The first kappa shape index (κ1) is 16.9. The Morgan fingerprint density at radius 3 is 2.43 bits per heavy atom. The summed E-state index contributed by atoms with van der Waals surface area (Å²) < 4.78 is 22.0. The molecule has 2 N–H and O–H groups in total. The van der Waals surface area contributed by atoms with Crippen LogP contribution in [0.15, 0.2) is 18.2 Å². The summed E-state index contributed by atoms with van der Waals surface area (Å²) in [6.07, 6.45) is 1.07. The number of nitro groups is 1. The van der Waals surface area contributed by atoms with Crippen LogP contribution < -0.4 is 5.32 Å². The van der Waals surface area contributed by atoms with Crippen molar-refractivity contribution in [3.05, 3.63) is 33.9 Å². The van der Waals surface area contributed by atoms with Crippen molar-refractivity contribution >= 4 is 27.2 Å². The number of carbonyl (C=O) groups is 1. The number of para-hydroxylation sites is 1. The van der Waals surface area contributed by atoms with Crippen molar-refractivity contribution in [2.45, 2.75) is 18.6 Å². The van der Waals surface area contributed by atoms with Crippen LogP contribution in [0.4, 0.5) is 11.4 Å². The van der Waals surface area contributed by atoms with Gasteiger partial charge in [-0.25, -0.2) is 13.2 Å². The predicted molar refractivity (Wildman–Crippen MR) is 77.5 cm³/mol. The molecule has 0 aliphatic heterocycles. The molecule has 8 nitrogen and oxygen atoms in total.